The zero-order chi connectivity index (χ0) is 14.4. The number of benzene rings is 1. The Morgan fingerprint density at radius 1 is 1.38 bits per heavy atom. The molecule has 1 N–H and O–H groups in total. The zero-order valence-corrected chi connectivity index (χ0v) is 13.9. The second-order valence-corrected chi connectivity index (χ2v) is 7.61. The molecule has 2 aromatic rings. The van der Waals surface area contributed by atoms with Crippen LogP contribution in [0.4, 0.5) is 0 Å². The number of amides is 1. The van der Waals surface area contributed by atoms with E-state index in [0.717, 1.165) is 21.1 Å². The minimum atomic E-state index is -0.0256. The van der Waals surface area contributed by atoms with Gasteiger partial charge in [-0.2, -0.15) is 4.37 Å². The summed E-state index contributed by atoms with van der Waals surface area (Å²) in [6.07, 6.45) is 2.41. The monoisotopic (exact) mass is 365 g/mol. The third-order valence-electron chi connectivity index (χ3n) is 4.62. The van der Waals surface area contributed by atoms with Crippen LogP contribution in [0.25, 0.3) is 10.1 Å². The maximum Gasteiger partial charge on any atom is 0.271 e. The highest BCUT2D eigenvalue weighted by atomic mass is 79.9. The molecule has 3 saturated heterocycles. The Labute approximate surface area is 135 Å². The Hall–Kier alpha value is -0.980. The fourth-order valence-corrected chi connectivity index (χ4v) is 4.77. The maximum absolute atomic E-state index is 12.6. The highest BCUT2D eigenvalue weighted by Crippen LogP contribution is 2.29. The van der Waals surface area contributed by atoms with Crippen LogP contribution >= 0.6 is 27.5 Å². The van der Waals surface area contributed by atoms with Gasteiger partial charge >= 0.3 is 0 Å². The van der Waals surface area contributed by atoms with Gasteiger partial charge in [-0.15, -0.1) is 0 Å². The van der Waals surface area contributed by atoms with E-state index in [1.165, 1.54) is 37.5 Å². The van der Waals surface area contributed by atoms with Crippen LogP contribution in [-0.4, -0.2) is 40.9 Å². The van der Waals surface area contributed by atoms with Crippen molar-refractivity contribution in [2.75, 3.05) is 19.6 Å². The quantitative estimate of drug-likeness (QED) is 0.889. The Kier molecular flexibility index (Phi) is 3.47. The van der Waals surface area contributed by atoms with Crippen molar-refractivity contribution in [1.82, 2.24) is 14.6 Å². The topological polar surface area (TPSA) is 45.2 Å². The lowest BCUT2D eigenvalue weighted by atomic mass is 9.84. The average Bonchev–Trinajstić information content (AvgIpc) is 2.91. The fourth-order valence-electron chi connectivity index (χ4n) is 3.44. The number of nitrogens with zero attached hydrogens (tertiary/aromatic N) is 2. The first kappa shape index (κ1) is 13.7. The smallest absolute Gasteiger partial charge is 0.271 e. The molecular weight excluding hydrogens is 350 g/mol. The Morgan fingerprint density at radius 2 is 2.19 bits per heavy atom. The number of fused-ring (bicyclic) bond motifs is 4. The summed E-state index contributed by atoms with van der Waals surface area (Å²) in [7, 11) is 0. The molecule has 0 aliphatic carbocycles. The Morgan fingerprint density at radius 3 is 2.90 bits per heavy atom. The highest BCUT2D eigenvalue weighted by Gasteiger charge is 2.35. The number of rotatable bonds is 2. The zero-order valence-electron chi connectivity index (χ0n) is 11.5. The summed E-state index contributed by atoms with van der Waals surface area (Å²) in [5.41, 5.74) is 0.568. The summed E-state index contributed by atoms with van der Waals surface area (Å²) in [6, 6.07) is 6.22. The van der Waals surface area contributed by atoms with Crippen molar-refractivity contribution in [1.29, 1.82) is 0 Å². The first-order valence-electron chi connectivity index (χ1n) is 7.29. The number of hydrogen-bond donors (Lipinski definition) is 1. The van der Waals surface area contributed by atoms with E-state index in [1.54, 1.807) is 0 Å². The van der Waals surface area contributed by atoms with E-state index in [1.807, 2.05) is 18.2 Å². The SMILES string of the molecule is O=C(N[C@H]1CN2CCC1CC2)c1nsc2cc(Br)ccc12. The molecule has 6 heteroatoms. The van der Waals surface area contributed by atoms with E-state index in [2.05, 4.69) is 30.5 Å². The lowest BCUT2D eigenvalue weighted by Gasteiger charge is -2.44. The molecule has 3 aliphatic rings. The lowest BCUT2D eigenvalue weighted by molar-refractivity contribution is 0.0619. The Bertz CT molecular complexity index is 693. The van der Waals surface area contributed by atoms with Crippen LogP contribution in [0.15, 0.2) is 22.7 Å². The Balaban J connectivity index is 1.56. The molecule has 1 amide bonds. The van der Waals surface area contributed by atoms with E-state index in [-0.39, 0.29) is 11.9 Å². The third-order valence-corrected chi connectivity index (χ3v) is 5.92. The van der Waals surface area contributed by atoms with Crippen molar-refractivity contribution < 1.29 is 4.79 Å². The predicted molar refractivity (Wildman–Crippen MR) is 87.7 cm³/mol. The molecule has 2 bridgehead atoms. The molecule has 0 unspecified atom stereocenters. The predicted octanol–water partition coefficient (Wildman–Crippen LogP) is 2.88. The van der Waals surface area contributed by atoms with Crippen LogP contribution in [0.2, 0.25) is 0 Å². The number of carbonyl (C=O) groups excluding carboxylic acids is 1. The van der Waals surface area contributed by atoms with Crippen molar-refractivity contribution in [3.63, 3.8) is 0 Å². The van der Waals surface area contributed by atoms with E-state index in [4.69, 9.17) is 0 Å². The molecule has 1 atom stereocenters. The minimum Gasteiger partial charge on any atom is -0.346 e. The molecule has 1 aromatic heterocycles. The van der Waals surface area contributed by atoms with E-state index in [0.29, 0.717) is 11.6 Å². The second-order valence-electron chi connectivity index (χ2n) is 5.89. The van der Waals surface area contributed by atoms with Gasteiger partial charge in [0.2, 0.25) is 0 Å². The number of nitrogens with one attached hydrogen (secondary N) is 1. The summed E-state index contributed by atoms with van der Waals surface area (Å²) in [5, 5.41) is 4.16. The highest BCUT2D eigenvalue weighted by molar-refractivity contribution is 9.10. The number of hydrogen-bond acceptors (Lipinski definition) is 4. The molecule has 1 aromatic carbocycles. The van der Waals surface area contributed by atoms with Gasteiger partial charge in [-0.1, -0.05) is 15.9 Å². The summed E-state index contributed by atoms with van der Waals surface area (Å²) < 4.78 is 6.42. The molecule has 3 fully saturated rings. The van der Waals surface area contributed by atoms with Crippen LogP contribution in [0.1, 0.15) is 23.3 Å². The molecule has 21 heavy (non-hydrogen) atoms. The maximum atomic E-state index is 12.6. The molecule has 3 aliphatic heterocycles. The van der Waals surface area contributed by atoms with Gasteiger partial charge in [-0.3, -0.25) is 4.79 Å². The molecular formula is C15H16BrN3OS. The number of carbonyl (C=O) groups is 1. The number of piperidine rings is 3. The fraction of sp³-hybridized carbons (Fsp3) is 0.467. The summed E-state index contributed by atoms with van der Waals surface area (Å²) >= 11 is 4.84. The minimum absolute atomic E-state index is 0.0256. The molecule has 0 saturated carbocycles. The van der Waals surface area contributed by atoms with Gasteiger partial charge in [-0.05, 0) is 61.6 Å². The molecule has 5 rings (SSSR count). The van der Waals surface area contributed by atoms with Crippen molar-refractivity contribution >= 4 is 43.5 Å². The van der Waals surface area contributed by atoms with Gasteiger partial charge in [-0.25, -0.2) is 0 Å². The number of aromatic nitrogens is 1. The first-order chi connectivity index (χ1) is 10.2. The summed E-state index contributed by atoms with van der Waals surface area (Å²) in [6.45, 7) is 3.36. The third kappa shape index (κ3) is 2.49. The summed E-state index contributed by atoms with van der Waals surface area (Å²) in [4.78, 5) is 15.0. The van der Waals surface area contributed by atoms with Crippen LogP contribution < -0.4 is 5.32 Å². The van der Waals surface area contributed by atoms with Gasteiger partial charge in [0.05, 0.1) is 4.70 Å². The molecule has 0 spiro atoms. The van der Waals surface area contributed by atoms with Crippen LogP contribution in [-0.2, 0) is 0 Å². The summed E-state index contributed by atoms with van der Waals surface area (Å²) in [5.74, 6) is 0.611. The second kappa shape index (κ2) is 5.34. The van der Waals surface area contributed by atoms with Crippen molar-refractivity contribution in [3.05, 3.63) is 28.4 Å². The largest absolute Gasteiger partial charge is 0.346 e. The van der Waals surface area contributed by atoms with Gasteiger partial charge < -0.3 is 10.2 Å². The van der Waals surface area contributed by atoms with Gasteiger partial charge in [0.15, 0.2) is 0 Å². The van der Waals surface area contributed by atoms with E-state index < -0.39 is 0 Å². The van der Waals surface area contributed by atoms with Gasteiger partial charge in [0.25, 0.3) is 5.91 Å². The normalized spacial score (nSPS) is 28.0. The first-order valence-corrected chi connectivity index (χ1v) is 8.85. The van der Waals surface area contributed by atoms with Crippen LogP contribution in [0.5, 0.6) is 0 Å². The molecule has 4 heterocycles. The van der Waals surface area contributed by atoms with E-state index >= 15 is 0 Å². The van der Waals surface area contributed by atoms with Crippen molar-refractivity contribution in [3.8, 4) is 0 Å². The molecule has 0 radical (unpaired) electrons. The standard InChI is InChI=1S/C15H16BrN3OS/c16-10-1-2-11-13(7-10)21-18-14(11)15(20)17-12-8-19-5-3-9(12)4-6-19/h1-2,7,9,12H,3-6,8H2,(H,17,20)/t12-/m0/s1. The van der Waals surface area contributed by atoms with Crippen LogP contribution in [0.3, 0.4) is 0 Å². The number of halogens is 1. The lowest BCUT2D eigenvalue weighted by Crippen LogP contribution is -2.57. The van der Waals surface area contributed by atoms with E-state index in [9.17, 15) is 4.79 Å². The van der Waals surface area contributed by atoms with Crippen LogP contribution in [0, 0.1) is 5.92 Å². The molecule has 4 nitrogen and oxygen atoms in total. The van der Waals surface area contributed by atoms with Gasteiger partial charge in [0, 0.05) is 22.4 Å². The van der Waals surface area contributed by atoms with Gasteiger partial charge in [0.1, 0.15) is 5.69 Å². The van der Waals surface area contributed by atoms with Crippen molar-refractivity contribution in [2.45, 2.75) is 18.9 Å². The molecule has 110 valence electrons. The van der Waals surface area contributed by atoms with Crippen molar-refractivity contribution in [2.24, 2.45) is 5.92 Å². The average molecular weight is 366 g/mol.